The fourth-order valence-corrected chi connectivity index (χ4v) is 7.44. The summed E-state index contributed by atoms with van der Waals surface area (Å²) in [5, 5.41) is 4.33. The van der Waals surface area contributed by atoms with E-state index >= 15 is 0 Å². The standard InChI is InChI=1S/C22H34N2O3/c1-13-17(24-27-11-10-23)7-9-22(3)16-6-8-21(2)15(4-5-19(21)26)14(16)12-18(25)20(13)22/h13-16,20H,4-12,23H2,1-3H3/b24-17+/t13?,14-,15-,16+,20?,21-,22+/m0/s1. The van der Waals surface area contributed by atoms with Gasteiger partial charge in [-0.05, 0) is 55.3 Å². The van der Waals surface area contributed by atoms with Gasteiger partial charge < -0.3 is 10.6 Å². The molecule has 0 heterocycles. The summed E-state index contributed by atoms with van der Waals surface area (Å²) in [6.07, 6.45) is 6.34. The van der Waals surface area contributed by atoms with Crippen LogP contribution in [0.5, 0.6) is 0 Å². The van der Waals surface area contributed by atoms with E-state index in [1.807, 2.05) is 0 Å². The lowest BCUT2D eigenvalue weighted by Crippen LogP contribution is -2.58. The lowest BCUT2D eigenvalue weighted by atomic mass is 9.43. The van der Waals surface area contributed by atoms with Gasteiger partial charge in [-0.15, -0.1) is 0 Å². The van der Waals surface area contributed by atoms with Crippen LogP contribution in [0.2, 0.25) is 0 Å². The van der Waals surface area contributed by atoms with Gasteiger partial charge in [0.05, 0.1) is 5.71 Å². The minimum atomic E-state index is -0.173. The van der Waals surface area contributed by atoms with Gasteiger partial charge in [0, 0.05) is 36.6 Å². The van der Waals surface area contributed by atoms with Gasteiger partial charge in [0.15, 0.2) is 0 Å². The number of carbonyl (C=O) groups excluding carboxylic acids is 2. The van der Waals surface area contributed by atoms with Crippen LogP contribution in [-0.4, -0.2) is 30.4 Å². The van der Waals surface area contributed by atoms with Crippen LogP contribution in [0.3, 0.4) is 0 Å². The number of hydrogen-bond acceptors (Lipinski definition) is 5. The Morgan fingerprint density at radius 1 is 1.15 bits per heavy atom. The van der Waals surface area contributed by atoms with E-state index in [9.17, 15) is 9.59 Å². The van der Waals surface area contributed by atoms with Crippen LogP contribution in [0.15, 0.2) is 5.16 Å². The molecule has 0 spiro atoms. The first-order chi connectivity index (χ1) is 12.8. The van der Waals surface area contributed by atoms with Crippen LogP contribution in [0.4, 0.5) is 0 Å². The molecule has 4 saturated carbocycles. The second-order valence-electron chi connectivity index (χ2n) is 9.94. The molecule has 0 aliphatic heterocycles. The summed E-state index contributed by atoms with van der Waals surface area (Å²) in [7, 11) is 0. The first-order valence-corrected chi connectivity index (χ1v) is 10.8. The van der Waals surface area contributed by atoms with E-state index in [4.69, 9.17) is 10.6 Å². The molecule has 2 N–H and O–H groups in total. The summed E-state index contributed by atoms with van der Waals surface area (Å²) < 4.78 is 0. The van der Waals surface area contributed by atoms with Gasteiger partial charge in [-0.25, -0.2) is 0 Å². The van der Waals surface area contributed by atoms with Gasteiger partial charge in [0.25, 0.3) is 0 Å². The Bertz CT molecular complexity index is 674. The average Bonchev–Trinajstić information content (AvgIpc) is 2.92. The Labute approximate surface area is 162 Å². The van der Waals surface area contributed by atoms with Crippen molar-refractivity contribution in [1.82, 2.24) is 0 Å². The Morgan fingerprint density at radius 3 is 2.67 bits per heavy atom. The number of ketones is 2. The minimum Gasteiger partial charge on any atom is -0.394 e. The Kier molecular flexibility index (Phi) is 4.73. The monoisotopic (exact) mass is 374 g/mol. The van der Waals surface area contributed by atoms with Crippen molar-refractivity contribution in [3.63, 3.8) is 0 Å². The molecule has 0 saturated heterocycles. The number of rotatable bonds is 3. The fourth-order valence-electron chi connectivity index (χ4n) is 7.44. The van der Waals surface area contributed by atoms with Crippen LogP contribution in [0, 0.1) is 40.4 Å². The van der Waals surface area contributed by atoms with Crippen LogP contribution in [-0.2, 0) is 14.4 Å². The largest absolute Gasteiger partial charge is 0.394 e. The molecule has 4 aliphatic rings. The number of nitrogens with zero attached hydrogens (tertiary/aromatic N) is 1. The number of oxime groups is 1. The molecule has 0 aromatic rings. The van der Waals surface area contributed by atoms with Crippen molar-refractivity contribution in [2.75, 3.05) is 13.2 Å². The van der Waals surface area contributed by atoms with E-state index in [2.05, 4.69) is 25.9 Å². The molecule has 2 unspecified atom stereocenters. The van der Waals surface area contributed by atoms with Crippen LogP contribution >= 0.6 is 0 Å². The maximum atomic E-state index is 13.3. The molecule has 4 aliphatic carbocycles. The number of hydrogen-bond donors (Lipinski definition) is 1. The third kappa shape index (κ3) is 2.72. The number of carbonyl (C=O) groups is 2. The molecule has 4 rings (SSSR count). The summed E-state index contributed by atoms with van der Waals surface area (Å²) in [5.74, 6) is 2.35. The van der Waals surface area contributed by atoms with E-state index in [0.717, 1.165) is 37.8 Å². The number of nitrogens with two attached hydrogens (primary N) is 1. The zero-order valence-electron chi connectivity index (χ0n) is 17.0. The fraction of sp³-hybridized carbons (Fsp3) is 0.864. The zero-order valence-corrected chi connectivity index (χ0v) is 17.0. The van der Waals surface area contributed by atoms with Gasteiger partial charge in [0.1, 0.15) is 18.2 Å². The predicted octanol–water partition coefficient (Wildman–Crippen LogP) is 3.35. The molecule has 150 valence electrons. The van der Waals surface area contributed by atoms with Crippen molar-refractivity contribution in [1.29, 1.82) is 0 Å². The second kappa shape index (κ2) is 6.68. The smallest absolute Gasteiger partial charge is 0.139 e. The third-order valence-corrected chi connectivity index (χ3v) is 8.82. The molecule has 27 heavy (non-hydrogen) atoms. The van der Waals surface area contributed by atoms with E-state index in [-0.39, 0.29) is 22.7 Å². The topological polar surface area (TPSA) is 81.8 Å². The normalized spacial score (nSPS) is 48.1. The van der Waals surface area contributed by atoms with Crippen molar-refractivity contribution >= 4 is 17.3 Å². The second-order valence-corrected chi connectivity index (χ2v) is 9.94. The molecular weight excluding hydrogens is 340 g/mol. The Morgan fingerprint density at radius 2 is 1.93 bits per heavy atom. The minimum absolute atomic E-state index is 0.0271. The summed E-state index contributed by atoms with van der Waals surface area (Å²) in [6, 6.07) is 0. The highest BCUT2D eigenvalue weighted by Crippen LogP contribution is 2.65. The SMILES string of the molecule is CC1/C(=N/OCCN)CC[C@@]2(C)C1C(=O)C[C@@H]1[C@H]2CC[C@]2(C)C(=O)CC[C@@H]12. The van der Waals surface area contributed by atoms with Gasteiger partial charge in [-0.1, -0.05) is 25.9 Å². The lowest BCUT2D eigenvalue weighted by Gasteiger charge is -2.59. The number of fused-ring (bicyclic) bond motifs is 5. The molecule has 0 amide bonds. The molecule has 7 atom stereocenters. The maximum Gasteiger partial charge on any atom is 0.139 e. The van der Waals surface area contributed by atoms with Crippen molar-refractivity contribution < 1.29 is 14.4 Å². The Hall–Kier alpha value is -1.23. The van der Waals surface area contributed by atoms with Crippen LogP contribution < -0.4 is 5.73 Å². The highest BCUT2D eigenvalue weighted by atomic mass is 16.6. The molecule has 5 heteroatoms. The maximum absolute atomic E-state index is 13.3. The molecule has 5 nitrogen and oxygen atoms in total. The summed E-state index contributed by atoms with van der Waals surface area (Å²) in [5.41, 5.74) is 6.37. The molecule has 0 radical (unpaired) electrons. The quantitative estimate of drug-likeness (QED) is 0.607. The van der Waals surface area contributed by atoms with Gasteiger partial charge in [0.2, 0.25) is 0 Å². The highest BCUT2D eigenvalue weighted by molar-refractivity contribution is 5.95. The summed E-state index contributed by atoms with van der Waals surface area (Å²) in [4.78, 5) is 31.2. The van der Waals surface area contributed by atoms with E-state index in [0.29, 0.717) is 55.3 Å². The molecule has 0 bridgehead atoms. The average molecular weight is 375 g/mol. The molecular formula is C22H34N2O3. The van der Waals surface area contributed by atoms with Gasteiger partial charge >= 0.3 is 0 Å². The van der Waals surface area contributed by atoms with Crippen molar-refractivity contribution in [2.45, 2.75) is 65.7 Å². The van der Waals surface area contributed by atoms with Crippen LogP contribution in [0.1, 0.15) is 65.7 Å². The summed E-state index contributed by atoms with van der Waals surface area (Å²) in [6.45, 7) is 7.54. The zero-order chi connectivity index (χ0) is 19.4. The van der Waals surface area contributed by atoms with Gasteiger partial charge in [-0.2, -0.15) is 0 Å². The Balaban J connectivity index is 1.62. The highest BCUT2D eigenvalue weighted by Gasteiger charge is 2.63. The van der Waals surface area contributed by atoms with Crippen molar-refractivity contribution in [3.05, 3.63) is 0 Å². The van der Waals surface area contributed by atoms with Crippen LogP contribution in [0.25, 0.3) is 0 Å². The lowest BCUT2D eigenvalue weighted by molar-refractivity contribution is -0.155. The van der Waals surface area contributed by atoms with E-state index in [1.165, 1.54) is 0 Å². The molecule has 0 aromatic heterocycles. The predicted molar refractivity (Wildman–Crippen MR) is 104 cm³/mol. The van der Waals surface area contributed by atoms with E-state index in [1.54, 1.807) is 0 Å². The molecule has 0 aromatic carbocycles. The summed E-state index contributed by atoms with van der Waals surface area (Å²) >= 11 is 0. The number of Topliss-reactive ketones (excluding diaryl/α,β-unsaturated/α-hetero) is 2. The first kappa shape index (κ1) is 19.1. The van der Waals surface area contributed by atoms with Crippen molar-refractivity contribution in [2.24, 2.45) is 51.3 Å². The first-order valence-electron chi connectivity index (χ1n) is 10.8. The van der Waals surface area contributed by atoms with Crippen molar-refractivity contribution in [3.8, 4) is 0 Å². The van der Waals surface area contributed by atoms with Gasteiger partial charge in [-0.3, -0.25) is 9.59 Å². The van der Waals surface area contributed by atoms with E-state index < -0.39 is 0 Å². The molecule has 4 fully saturated rings. The third-order valence-electron chi connectivity index (χ3n) is 8.82.